The number of aliphatic imine (C=N–C) groups is 1. The summed E-state index contributed by atoms with van der Waals surface area (Å²) in [5.74, 6) is -1.60. The summed E-state index contributed by atoms with van der Waals surface area (Å²) in [6.07, 6.45) is 1.83. The zero-order chi connectivity index (χ0) is 26.7. The Morgan fingerprint density at radius 1 is 0.892 bits per heavy atom. The molecule has 4 rings (SSSR count). The number of rotatable bonds is 7. The van der Waals surface area contributed by atoms with Gasteiger partial charge in [0.1, 0.15) is 5.92 Å². The molecule has 2 unspecified atom stereocenters. The number of carbonyl (C=O) groups is 2. The summed E-state index contributed by atoms with van der Waals surface area (Å²) in [6.45, 7) is 3.48. The SMILES string of the molecule is COC(=O)C1=C(C)N=C(C)C(C(=O)OC)C1c1cn(-c2ccccc2)nc1-c1ccc(OC)c(OC)c1. The van der Waals surface area contributed by atoms with Crippen LogP contribution in [0.3, 0.4) is 0 Å². The van der Waals surface area contributed by atoms with Crippen molar-refractivity contribution >= 4 is 17.7 Å². The molecule has 0 amide bonds. The Labute approximate surface area is 215 Å². The molecule has 1 aliphatic rings. The molecule has 0 aliphatic carbocycles. The molecule has 2 heterocycles. The van der Waals surface area contributed by atoms with Gasteiger partial charge in [-0.2, -0.15) is 5.10 Å². The predicted octanol–water partition coefficient (Wildman–Crippen LogP) is 4.35. The monoisotopic (exact) mass is 503 g/mol. The van der Waals surface area contributed by atoms with Gasteiger partial charge in [-0.15, -0.1) is 0 Å². The summed E-state index contributed by atoms with van der Waals surface area (Å²) in [7, 11) is 5.74. The van der Waals surface area contributed by atoms with Gasteiger partial charge in [0.15, 0.2) is 11.5 Å². The van der Waals surface area contributed by atoms with E-state index in [0.29, 0.717) is 39.7 Å². The number of methoxy groups -OCH3 is 4. The topological polar surface area (TPSA) is 101 Å². The highest BCUT2D eigenvalue weighted by atomic mass is 16.5. The van der Waals surface area contributed by atoms with Gasteiger partial charge in [0, 0.05) is 34.7 Å². The molecule has 37 heavy (non-hydrogen) atoms. The Balaban J connectivity index is 2.03. The molecule has 9 nitrogen and oxygen atoms in total. The first kappa shape index (κ1) is 25.7. The lowest BCUT2D eigenvalue weighted by atomic mass is 9.75. The second kappa shape index (κ2) is 10.7. The van der Waals surface area contributed by atoms with E-state index < -0.39 is 23.8 Å². The Hall–Kier alpha value is -4.40. The number of hydrogen-bond donors (Lipinski definition) is 0. The maximum Gasteiger partial charge on any atom is 0.336 e. The van der Waals surface area contributed by atoms with Crippen molar-refractivity contribution in [3.63, 3.8) is 0 Å². The molecule has 0 N–H and O–H groups in total. The average Bonchev–Trinajstić information content (AvgIpc) is 3.37. The maximum atomic E-state index is 13.1. The standard InChI is InChI=1S/C28H29N3O6/c1-16-23(27(32)36-5)25(24(17(2)29-16)28(33)37-6)20-15-31(19-10-8-7-9-11-19)30-26(20)18-12-13-21(34-3)22(14-18)35-4/h7-15,23,25H,1-6H3. The first-order valence-corrected chi connectivity index (χ1v) is 11.6. The van der Waals surface area contributed by atoms with Crippen LogP contribution in [-0.4, -0.2) is 55.9 Å². The van der Waals surface area contributed by atoms with Gasteiger partial charge in [-0.1, -0.05) is 18.2 Å². The second-order valence-electron chi connectivity index (χ2n) is 8.51. The quantitative estimate of drug-likeness (QED) is 0.442. The summed E-state index contributed by atoms with van der Waals surface area (Å²) >= 11 is 0. The Morgan fingerprint density at radius 3 is 2.22 bits per heavy atom. The zero-order valence-electron chi connectivity index (χ0n) is 21.6. The van der Waals surface area contributed by atoms with Crippen LogP contribution in [0.1, 0.15) is 25.3 Å². The van der Waals surface area contributed by atoms with Crippen LogP contribution >= 0.6 is 0 Å². The van der Waals surface area contributed by atoms with E-state index in [-0.39, 0.29) is 5.57 Å². The summed E-state index contributed by atoms with van der Waals surface area (Å²) in [5.41, 5.74) is 4.01. The molecule has 0 saturated heterocycles. The van der Waals surface area contributed by atoms with Crippen LogP contribution in [0.4, 0.5) is 0 Å². The van der Waals surface area contributed by atoms with E-state index in [1.54, 1.807) is 38.8 Å². The molecule has 1 aromatic heterocycles. The van der Waals surface area contributed by atoms with Crippen LogP contribution in [-0.2, 0) is 19.1 Å². The van der Waals surface area contributed by atoms with Gasteiger partial charge < -0.3 is 18.9 Å². The van der Waals surface area contributed by atoms with Gasteiger partial charge in [0.2, 0.25) is 0 Å². The molecule has 9 heteroatoms. The minimum atomic E-state index is -0.852. The summed E-state index contributed by atoms with van der Waals surface area (Å²) in [5, 5.41) is 4.90. The van der Waals surface area contributed by atoms with E-state index in [1.165, 1.54) is 14.2 Å². The summed E-state index contributed by atoms with van der Waals surface area (Å²) in [4.78, 5) is 30.7. The molecule has 2 aromatic carbocycles. The van der Waals surface area contributed by atoms with E-state index >= 15 is 0 Å². The predicted molar refractivity (Wildman–Crippen MR) is 138 cm³/mol. The molecule has 2 atom stereocenters. The number of esters is 2. The van der Waals surface area contributed by atoms with Gasteiger partial charge in [-0.3, -0.25) is 9.79 Å². The van der Waals surface area contributed by atoms with Crippen molar-refractivity contribution in [3.8, 4) is 28.4 Å². The molecule has 0 spiro atoms. The van der Waals surface area contributed by atoms with Crippen molar-refractivity contribution in [2.75, 3.05) is 28.4 Å². The molecule has 0 bridgehead atoms. The highest BCUT2D eigenvalue weighted by molar-refractivity contribution is 6.07. The molecular weight excluding hydrogens is 474 g/mol. The Morgan fingerprint density at radius 2 is 1.59 bits per heavy atom. The van der Waals surface area contributed by atoms with Crippen LogP contribution < -0.4 is 9.47 Å². The Bertz CT molecular complexity index is 1390. The maximum absolute atomic E-state index is 13.1. The fourth-order valence-corrected chi connectivity index (χ4v) is 4.72. The average molecular weight is 504 g/mol. The van der Waals surface area contributed by atoms with Crippen molar-refractivity contribution in [2.24, 2.45) is 10.9 Å². The number of carbonyl (C=O) groups excluding carboxylic acids is 2. The van der Waals surface area contributed by atoms with Crippen molar-refractivity contribution < 1.29 is 28.5 Å². The summed E-state index contributed by atoms with van der Waals surface area (Å²) < 4.78 is 22.9. The first-order chi connectivity index (χ1) is 17.8. The number of aromatic nitrogens is 2. The third kappa shape index (κ3) is 4.72. The van der Waals surface area contributed by atoms with Crippen LogP contribution in [0.5, 0.6) is 11.5 Å². The largest absolute Gasteiger partial charge is 0.493 e. The number of allylic oxidation sites excluding steroid dienone is 1. The lowest BCUT2D eigenvalue weighted by Crippen LogP contribution is -2.36. The van der Waals surface area contributed by atoms with Crippen molar-refractivity contribution in [3.05, 3.63) is 71.6 Å². The fourth-order valence-electron chi connectivity index (χ4n) is 4.72. The number of benzene rings is 2. The van der Waals surface area contributed by atoms with Gasteiger partial charge in [0.25, 0.3) is 0 Å². The van der Waals surface area contributed by atoms with Crippen LogP contribution in [0.2, 0.25) is 0 Å². The number of para-hydroxylation sites is 1. The van der Waals surface area contributed by atoms with Crippen molar-refractivity contribution in [2.45, 2.75) is 19.8 Å². The smallest absolute Gasteiger partial charge is 0.336 e. The van der Waals surface area contributed by atoms with Crippen LogP contribution in [0, 0.1) is 5.92 Å². The van der Waals surface area contributed by atoms with Crippen LogP contribution in [0.15, 0.2) is 71.0 Å². The minimum Gasteiger partial charge on any atom is -0.493 e. The van der Waals surface area contributed by atoms with Crippen LogP contribution in [0.25, 0.3) is 16.9 Å². The van der Waals surface area contributed by atoms with Gasteiger partial charge in [0.05, 0.1) is 45.4 Å². The highest BCUT2D eigenvalue weighted by Crippen LogP contribution is 2.44. The lowest BCUT2D eigenvalue weighted by molar-refractivity contribution is -0.143. The van der Waals surface area contributed by atoms with E-state index in [0.717, 1.165) is 5.69 Å². The molecular formula is C28H29N3O6. The second-order valence-corrected chi connectivity index (χ2v) is 8.51. The first-order valence-electron chi connectivity index (χ1n) is 11.6. The lowest BCUT2D eigenvalue weighted by Gasteiger charge is -2.30. The zero-order valence-corrected chi connectivity index (χ0v) is 21.6. The Kier molecular flexibility index (Phi) is 7.42. The third-order valence-corrected chi connectivity index (χ3v) is 6.44. The van der Waals surface area contributed by atoms with Crippen molar-refractivity contribution in [1.82, 2.24) is 9.78 Å². The fraction of sp³-hybridized carbons (Fsp3) is 0.286. The highest BCUT2D eigenvalue weighted by Gasteiger charge is 2.44. The van der Waals surface area contributed by atoms with E-state index in [2.05, 4.69) is 4.99 Å². The van der Waals surface area contributed by atoms with Crippen molar-refractivity contribution in [1.29, 1.82) is 0 Å². The van der Waals surface area contributed by atoms with E-state index in [1.807, 2.05) is 48.7 Å². The molecule has 0 radical (unpaired) electrons. The number of nitrogens with zero attached hydrogens (tertiary/aromatic N) is 3. The minimum absolute atomic E-state index is 0.276. The van der Waals surface area contributed by atoms with Gasteiger partial charge in [-0.05, 0) is 44.2 Å². The van der Waals surface area contributed by atoms with E-state index in [9.17, 15) is 9.59 Å². The molecule has 0 fully saturated rings. The molecule has 192 valence electrons. The molecule has 1 aliphatic heterocycles. The van der Waals surface area contributed by atoms with E-state index in [4.69, 9.17) is 24.0 Å². The summed E-state index contributed by atoms with van der Waals surface area (Å²) in [6, 6.07) is 15.0. The van der Waals surface area contributed by atoms with Gasteiger partial charge >= 0.3 is 11.9 Å². The molecule has 3 aromatic rings. The van der Waals surface area contributed by atoms with Gasteiger partial charge in [-0.25, -0.2) is 9.48 Å². The third-order valence-electron chi connectivity index (χ3n) is 6.44. The normalized spacial score (nSPS) is 17.2. The number of ether oxygens (including phenoxy) is 4. The molecule has 0 saturated carbocycles. The number of hydrogen-bond acceptors (Lipinski definition) is 8.